The number of carbonyl (C=O) groups excluding carboxylic acids is 2. The first-order chi connectivity index (χ1) is 15.0. The number of alkyl carbamates (subject to hydrolysis) is 1. The van der Waals surface area contributed by atoms with Gasteiger partial charge in [-0.15, -0.1) is 0 Å². The predicted molar refractivity (Wildman–Crippen MR) is 112 cm³/mol. The smallest absolute Gasteiger partial charge is 0.408 e. The summed E-state index contributed by atoms with van der Waals surface area (Å²) in [5.41, 5.74) is 0.0769. The molecule has 32 heavy (non-hydrogen) atoms. The van der Waals surface area contributed by atoms with E-state index in [1.807, 2.05) is 0 Å². The van der Waals surface area contributed by atoms with Crippen LogP contribution in [0.25, 0.3) is 0 Å². The van der Waals surface area contributed by atoms with E-state index in [0.29, 0.717) is 11.4 Å². The van der Waals surface area contributed by atoms with Crippen molar-refractivity contribution in [2.45, 2.75) is 51.8 Å². The molecule has 0 radical (unpaired) electrons. The molecule has 3 rings (SSSR count). The first-order valence-electron chi connectivity index (χ1n) is 9.85. The molecule has 3 heterocycles. The molecule has 0 fully saturated rings. The van der Waals surface area contributed by atoms with Gasteiger partial charge in [0, 0.05) is 12.7 Å². The summed E-state index contributed by atoms with van der Waals surface area (Å²) >= 11 is 6.09. The number of nitrogens with zero attached hydrogens (tertiary/aromatic N) is 4. The molecule has 1 atom stereocenters. The highest BCUT2D eigenvalue weighted by Crippen LogP contribution is 2.36. The van der Waals surface area contributed by atoms with Crippen LogP contribution < -0.4 is 15.0 Å². The Morgan fingerprint density at radius 1 is 1.34 bits per heavy atom. The second-order valence-electron chi connectivity index (χ2n) is 8.15. The quantitative estimate of drug-likeness (QED) is 0.711. The maximum Gasteiger partial charge on any atom is 0.408 e. The van der Waals surface area contributed by atoms with Crippen LogP contribution in [-0.4, -0.2) is 52.4 Å². The average Bonchev–Trinajstić information content (AvgIpc) is 3.09. The summed E-state index contributed by atoms with van der Waals surface area (Å²) < 4.78 is 37.6. The minimum atomic E-state index is -2.67. The lowest BCUT2D eigenvalue weighted by Gasteiger charge is -2.33. The molecule has 1 N–H and O–H groups in total. The van der Waals surface area contributed by atoms with E-state index in [4.69, 9.17) is 21.1 Å². The highest BCUT2D eigenvalue weighted by molar-refractivity contribution is 6.32. The van der Waals surface area contributed by atoms with Crippen LogP contribution in [0.3, 0.4) is 0 Å². The minimum Gasteiger partial charge on any atom is -0.480 e. The van der Waals surface area contributed by atoms with Gasteiger partial charge in [-0.25, -0.2) is 18.6 Å². The molecule has 174 valence electrons. The molecular formula is C20H24ClF2N5O4. The number of anilines is 1. The molecule has 0 bridgehead atoms. The highest BCUT2D eigenvalue weighted by atomic mass is 35.5. The molecule has 1 aliphatic rings. The number of alkyl halides is 2. The van der Waals surface area contributed by atoms with E-state index in [2.05, 4.69) is 15.4 Å². The van der Waals surface area contributed by atoms with E-state index in [1.54, 1.807) is 20.8 Å². The normalized spacial score (nSPS) is 16.0. The van der Waals surface area contributed by atoms with Crippen LogP contribution >= 0.6 is 11.6 Å². The Kier molecular flexibility index (Phi) is 6.87. The van der Waals surface area contributed by atoms with Crippen molar-refractivity contribution in [3.63, 3.8) is 0 Å². The number of fused-ring (bicyclic) bond motifs is 1. The van der Waals surface area contributed by atoms with Gasteiger partial charge in [-0.3, -0.25) is 9.48 Å². The second-order valence-corrected chi connectivity index (χ2v) is 8.55. The van der Waals surface area contributed by atoms with Gasteiger partial charge in [0.25, 0.3) is 12.3 Å². The van der Waals surface area contributed by atoms with Crippen molar-refractivity contribution in [1.82, 2.24) is 20.1 Å². The van der Waals surface area contributed by atoms with E-state index in [9.17, 15) is 18.4 Å². The molecule has 2 amide bonds. The number of ether oxygens (including phenoxy) is 2. The third-order valence-electron chi connectivity index (χ3n) is 4.62. The van der Waals surface area contributed by atoms with Crippen molar-refractivity contribution in [2.75, 3.05) is 18.6 Å². The Balaban J connectivity index is 1.92. The van der Waals surface area contributed by atoms with Gasteiger partial charge in [0.05, 0.1) is 36.3 Å². The first-order valence-corrected chi connectivity index (χ1v) is 10.2. The van der Waals surface area contributed by atoms with Crippen LogP contribution in [0, 0.1) is 0 Å². The van der Waals surface area contributed by atoms with Crippen LogP contribution in [0.15, 0.2) is 18.5 Å². The Labute approximate surface area is 188 Å². The number of nitrogens with one attached hydrogen (secondary N) is 1. The number of aromatic nitrogens is 3. The van der Waals surface area contributed by atoms with Crippen LogP contribution in [0.5, 0.6) is 5.88 Å². The molecular weight excluding hydrogens is 448 g/mol. The molecule has 1 unspecified atom stereocenters. The number of hydrogen-bond acceptors (Lipinski definition) is 6. The number of methoxy groups -OCH3 is 1. The minimum absolute atomic E-state index is 0.161. The average molecular weight is 472 g/mol. The summed E-state index contributed by atoms with van der Waals surface area (Å²) in [6, 6.07) is 0.757. The molecule has 0 spiro atoms. The van der Waals surface area contributed by atoms with Gasteiger partial charge in [-0.05, 0) is 33.3 Å². The van der Waals surface area contributed by atoms with Crippen LogP contribution in [0.2, 0.25) is 5.02 Å². The summed E-state index contributed by atoms with van der Waals surface area (Å²) in [6.07, 6.45) is -0.441. The zero-order chi connectivity index (χ0) is 23.6. The van der Waals surface area contributed by atoms with Gasteiger partial charge >= 0.3 is 6.09 Å². The van der Waals surface area contributed by atoms with E-state index in [0.717, 1.165) is 4.68 Å². The fourth-order valence-corrected chi connectivity index (χ4v) is 3.64. The standard InChI is InChI=1S/C20H24ClF2N5O4/c1-20(2,3)32-19(30)26-13-5-6-27(14-9-25-28(16(13)14)10-15(22)23)18(29)11-7-12(21)17(31-4)24-8-11/h7-9,13,15H,5-6,10H2,1-4H3,(H,26,30). The van der Waals surface area contributed by atoms with Crippen LogP contribution in [-0.2, 0) is 11.3 Å². The van der Waals surface area contributed by atoms with Crippen LogP contribution in [0.4, 0.5) is 19.3 Å². The summed E-state index contributed by atoms with van der Waals surface area (Å²) in [6.45, 7) is 4.67. The van der Waals surface area contributed by atoms with E-state index in [-0.39, 0.29) is 29.4 Å². The molecule has 0 saturated heterocycles. The molecule has 0 saturated carbocycles. The summed E-state index contributed by atoms with van der Waals surface area (Å²) in [5.74, 6) is -0.260. The molecule has 1 aliphatic heterocycles. The predicted octanol–water partition coefficient (Wildman–Crippen LogP) is 3.82. The molecule has 2 aromatic rings. The second kappa shape index (κ2) is 9.27. The SMILES string of the molecule is COc1ncc(C(=O)N2CCC(NC(=O)OC(C)(C)C)c3c2cnn3CC(F)F)cc1Cl. The number of carbonyl (C=O) groups is 2. The lowest BCUT2D eigenvalue weighted by atomic mass is 10.0. The van der Waals surface area contributed by atoms with Crippen LogP contribution in [0.1, 0.15) is 49.3 Å². The number of rotatable bonds is 5. The van der Waals surface area contributed by atoms with Gasteiger partial charge < -0.3 is 19.7 Å². The Morgan fingerprint density at radius 3 is 2.66 bits per heavy atom. The van der Waals surface area contributed by atoms with Crippen molar-refractivity contribution in [3.8, 4) is 5.88 Å². The Morgan fingerprint density at radius 2 is 2.06 bits per heavy atom. The zero-order valence-electron chi connectivity index (χ0n) is 18.1. The van der Waals surface area contributed by atoms with Gasteiger partial charge in [0.15, 0.2) is 0 Å². The van der Waals surface area contributed by atoms with Gasteiger partial charge in [-0.1, -0.05) is 11.6 Å². The molecule has 0 aliphatic carbocycles. The molecule has 2 aromatic heterocycles. The van der Waals surface area contributed by atoms with E-state index < -0.39 is 36.6 Å². The van der Waals surface area contributed by atoms with Gasteiger partial charge in [0.1, 0.15) is 17.2 Å². The van der Waals surface area contributed by atoms with E-state index in [1.165, 1.54) is 30.5 Å². The Hall–Kier alpha value is -2.95. The zero-order valence-corrected chi connectivity index (χ0v) is 18.8. The first kappa shape index (κ1) is 23.7. The summed E-state index contributed by atoms with van der Waals surface area (Å²) in [4.78, 5) is 30.9. The summed E-state index contributed by atoms with van der Waals surface area (Å²) in [7, 11) is 1.40. The lowest BCUT2D eigenvalue weighted by molar-refractivity contribution is 0.0497. The molecule has 9 nitrogen and oxygen atoms in total. The molecule has 12 heteroatoms. The van der Waals surface area contributed by atoms with Crippen molar-refractivity contribution in [3.05, 3.63) is 34.7 Å². The lowest BCUT2D eigenvalue weighted by Crippen LogP contribution is -2.43. The monoisotopic (exact) mass is 471 g/mol. The van der Waals surface area contributed by atoms with Gasteiger partial charge in [0.2, 0.25) is 5.88 Å². The number of amides is 2. The van der Waals surface area contributed by atoms with Gasteiger partial charge in [-0.2, -0.15) is 5.10 Å². The van der Waals surface area contributed by atoms with E-state index >= 15 is 0 Å². The largest absolute Gasteiger partial charge is 0.480 e. The topological polar surface area (TPSA) is 98.6 Å². The third kappa shape index (κ3) is 5.26. The summed E-state index contributed by atoms with van der Waals surface area (Å²) in [5, 5.41) is 6.89. The fraction of sp³-hybridized carbons (Fsp3) is 0.500. The number of halogens is 3. The van der Waals surface area contributed by atoms with Crippen molar-refractivity contribution >= 4 is 29.3 Å². The third-order valence-corrected chi connectivity index (χ3v) is 4.89. The fourth-order valence-electron chi connectivity index (χ4n) is 3.39. The highest BCUT2D eigenvalue weighted by Gasteiger charge is 2.35. The molecule has 0 aromatic carbocycles. The number of pyridine rings is 1. The van der Waals surface area contributed by atoms with Crippen molar-refractivity contribution < 1.29 is 27.8 Å². The van der Waals surface area contributed by atoms with Crippen molar-refractivity contribution in [2.24, 2.45) is 0 Å². The number of hydrogen-bond donors (Lipinski definition) is 1. The maximum atomic E-state index is 13.2. The van der Waals surface area contributed by atoms with Crippen molar-refractivity contribution in [1.29, 1.82) is 0 Å². The maximum absolute atomic E-state index is 13.2. The Bertz CT molecular complexity index is 1010.